The van der Waals surface area contributed by atoms with Gasteiger partial charge in [0.25, 0.3) is 5.01 Å². The van der Waals surface area contributed by atoms with Crippen molar-refractivity contribution in [2.24, 2.45) is 0 Å². The molecule has 0 radical (unpaired) electrons. The summed E-state index contributed by atoms with van der Waals surface area (Å²) in [6.45, 7) is 0.458. The quantitative estimate of drug-likeness (QED) is 0.134. The van der Waals surface area contributed by atoms with Crippen molar-refractivity contribution in [1.82, 2.24) is 0 Å². The lowest BCUT2D eigenvalue weighted by Crippen LogP contribution is -2.36. The van der Waals surface area contributed by atoms with E-state index in [2.05, 4.69) is 18.2 Å². The van der Waals surface area contributed by atoms with Gasteiger partial charge in [-0.25, -0.2) is 16.8 Å². The Kier molecular flexibility index (Phi) is 8.24. The largest absolute Gasteiger partial charge is 0.748 e. The average Bonchev–Trinajstić information content (AvgIpc) is 3.61. The summed E-state index contributed by atoms with van der Waals surface area (Å²) >= 11 is 9.37. The number of benzene rings is 3. The second-order valence-electron chi connectivity index (χ2n) is 10.0. The van der Waals surface area contributed by atoms with Crippen LogP contribution in [0, 0.1) is 0 Å². The Hall–Kier alpha value is -3.04. The maximum Gasteiger partial charge on any atom is 0.268 e. The number of hydrogen-bond donors (Lipinski definition) is 0. The third-order valence-electron chi connectivity index (χ3n) is 6.93. The number of aromatic nitrogens is 1. The molecule has 6 rings (SSSR count). The van der Waals surface area contributed by atoms with E-state index in [0.717, 1.165) is 41.4 Å². The van der Waals surface area contributed by atoms with E-state index in [4.69, 9.17) is 16.3 Å². The predicted octanol–water partition coefficient (Wildman–Crippen LogP) is 5.79. The molecule has 14 heteroatoms. The van der Waals surface area contributed by atoms with Crippen LogP contribution >= 0.6 is 34.3 Å². The highest BCUT2D eigenvalue weighted by atomic mass is 35.5. The lowest BCUT2D eigenvalue weighted by Gasteiger charge is -2.19. The summed E-state index contributed by atoms with van der Waals surface area (Å²) in [6, 6.07) is 21.5. The second kappa shape index (κ2) is 11.8. The van der Waals surface area contributed by atoms with Crippen molar-refractivity contribution in [3.63, 3.8) is 0 Å². The smallest absolute Gasteiger partial charge is 0.268 e. The number of anilines is 1. The van der Waals surface area contributed by atoms with Crippen LogP contribution in [0.25, 0.3) is 36.8 Å². The number of ether oxygens (including phenoxy) is 1. The fraction of sp³-hybridized carbons (Fsp3) is 0.207. The van der Waals surface area contributed by atoms with E-state index in [0.29, 0.717) is 16.7 Å². The van der Waals surface area contributed by atoms with Gasteiger partial charge >= 0.3 is 0 Å². The molecule has 9 nitrogen and oxygen atoms in total. The van der Waals surface area contributed by atoms with Crippen LogP contribution in [-0.2, 0) is 26.8 Å². The van der Waals surface area contributed by atoms with Crippen LogP contribution in [0.4, 0.5) is 5.69 Å². The van der Waals surface area contributed by atoms with Gasteiger partial charge in [0.15, 0.2) is 12.3 Å². The van der Waals surface area contributed by atoms with E-state index in [1.54, 1.807) is 29.5 Å². The van der Waals surface area contributed by atoms with E-state index in [9.17, 15) is 25.9 Å². The van der Waals surface area contributed by atoms with Crippen LogP contribution in [0.2, 0.25) is 5.02 Å². The molecule has 0 amide bonds. The average molecular weight is 676 g/mol. The number of aryl methyl sites for hydroxylation is 1. The van der Waals surface area contributed by atoms with Gasteiger partial charge < -0.3 is 18.7 Å². The Morgan fingerprint density at radius 3 is 2.42 bits per heavy atom. The van der Waals surface area contributed by atoms with Crippen LogP contribution in [0.15, 0.2) is 72.6 Å². The normalized spacial score (nSPS) is 14.6. The van der Waals surface area contributed by atoms with Crippen molar-refractivity contribution in [3.8, 4) is 16.2 Å². The zero-order valence-electron chi connectivity index (χ0n) is 22.4. The first-order valence-electron chi connectivity index (χ1n) is 13.2. The van der Waals surface area contributed by atoms with Gasteiger partial charge in [-0.2, -0.15) is 4.57 Å². The zero-order chi connectivity index (χ0) is 30.4. The maximum absolute atomic E-state index is 11.4. The third-order valence-corrected chi connectivity index (χ3v) is 11.0. The van der Waals surface area contributed by atoms with E-state index in [1.165, 1.54) is 11.3 Å². The molecule has 0 aliphatic carbocycles. The second-order valence-corrected chi connectivity index (χ2v) is 15.6. The lowest BCUT2D eigenvalue weighted by atomic mass is 10.1. The number of rotatable bonds is 10. The number of fused-ring (bicyclic) bond motifs is 3. The monoisotopic (exact) mass is 675 g/mol. The molecular weight excluding hydrogens is 652 g/mol. The summed E-state index contributed by atoms with van der Waals surface area (Å²) in [5.74, 6) is -0.0248. The van der Waals surface area contributed by atoms with Crippen LogP contribution in [0.5, 0.6) is 5.75 Å². The number of nitrogens with zero attached hydrogens (tertiary/aromatic N) is 2. The highest BCUT2D eigenvalue weighted by Gasteiger charge is 2.30. The minimum absolute atomic E-state index is 0.0858. The Labute approximate surface area is 261 Å². The molecule has 0 atom stereocenters. The number of thiazole rings is 1. The van der Waals surface area contributed by atoms with Gasteiger partial charge in [-0.3, -0.25) is 0 Å². The topological polar surface area (TPSA) is 131 Å². The molecule has 0 bridgehead atoms. The number of hydrogen-bond acceptors (Lipinski definition) is 10. The highest BCUT2D eigenvalue weighted by Crippen LogP contribution is 2.44. The van der Waals surface area contributed by atoms with Gasteiger partial charge in [-0.1, -0.05) is 41.1 Å². The number of thiophene rings is 1. The Morgan fingerprint density at radius 2 is 1.65 bits per heavy atom. The van der Waals surface area contributed by atoms with Crippen LogP contribution in [0.3, 0.4) is 0 Å². The molecule has 224 valence electrons. The van der Waals surface area contributed by atoms with Gasteiger partial charge in [0, 0.05) is 45.1 Å². The van der Waals surface area contributed by atoms with Crippen molar-refractivity contribution in [2.75, 3.05) is 23.0 Å². The first-order chi connectivity index (χ1) is 20.4. The van der Waals surface area contributed by atoms with Crippen molar-refractivity contribution in [3.05, 3.63) is 82.6 Å². The Bertz CT molecular complexity index is 2070. The summed E-state index contributed by atoms with van der Waals surface area (Å²) in [5, 5.41) is 2.36. The third kappa shape index (κ3) is 6.88. The first kappa shape index (κ1) is 30.0. The summed E-state index contributed by atoms with van der Waals surface area (Å²) in [5.41, 5.74) is 2.48. The van der Waals surface area contributed by atoms with Crippen molar-refractivity contribution in [1.29, 1.82) is 0 Å². The zero-order valence-corrected chi connectivity index (χ0v) is 26.5. The molecule has 3 aromatic carbocycles. The van der Waals surface area contributed by atoms with Crippen molar-refractivity contribution in [2.45, 2.75) is 19.4 Å². The fourth-order valence-corrected chi connectivity index (χ4v) is 8.32. The van der Waals surface area contributed by atoms with Gasteiger partial charge in [0.2, 0.25) is 11.4 Å². The van der Waals surface area contributed by atoms with Crippen molar-refractivity contribution < 1.29 is 35.2 Å². The standard InChI is InChI=1S/C29H25ClN2O7S4/c30-21-8-10-26-23(17-21)32(12-4-14-43(36,37)38)29(41-26)18-28-31(11-3-13-42(33,34)35)22-15-20(7-9-24(22)39-28)27-16-19-5-1-2-6-25(19)40-27/h1-2,5-10,15-18H,3-4,11-14H2,(H-,33,34,35,36,37,38)/p-1. The summed E-state index contributed by atoms with van der Waals surface area (Å²) in [7, 11) is -8.80. The summed E-state index contributed by atoms with van der Waals surface area (Å²) in [6.07, 6.45) is 1.99. The summed E-state index contributed by atoms with van der Waals surface area (Å²) in [4.78, 5) is 2.91. The van der Waals surface area contributed by atoms with Crippen LogP contribution in [0.1, 0.15) is 17.8 Å². The van der Waals surface area contributed by atoms with Gasteiger partial charge in [0.05, 0.1) is 32.0 Å². The number of halogens is 1. The van der Waals surface area contributed by atoms with E-state index < -0.39 is 31.7 Å². The van der Waals surface area contributed by atoms with Crippen molar-refractivity contribution >= 4 is 86.6 Å². The first-order valence-corrected chi connectivity index (χ1v) is 18.4. The lowest BCUT2D eigenvalue weighted by molar-refractivity contribution is -0.668. The van der Waals surface area contributed by atoms with Gasteiger partial charge in [-0.15, -0.1) is 11.3 Å². The Morgan fingerprint density at radius 1 is 0.884 bits per heavy atom. The molecule has 0 fully saturated rings. The molecule has 1 aliphatic rings. The molecule has 0 saturated carbocycles. The molecule has 3 heterocycles. The molecule has 0 unspecified atom stereocenters. The van der Waals surface area contributed by atoms with Gasteiger partial charge in [-0.05, 0) is 59.8 Å². The molecule has 0 saturated heterocycles. The SMILES string of the molecule is O=S(=O)([O-])CCCN1/C(=C/c2sc3ccc(Cl)cc3[n+]2CCCS(=O)(=O)[O-])Oc2ccc(-c3cc4ccccc4s3)cc21. The van der Waals surface area contributed by atoms with Crippen LogP contribution in [-0.4, -0.2) is 44.0 Å². The minimum atomic E-state index is -4.41. The maximum atomic E-state index is 11.4. The highest BCUT2D eigenvalue weighted by molar-refractivity contribution is 7.85. The Balaban J connectivity index is 1.40. The fourth-order valence-electron chi connectivity index (χ4n) is 5.03. The molecule has 1 aliphatic heterocycles. The molecule has 0 spiro atoms. The molecule has 0 N–H and O–H groups in total. The summed E-state index contributed by atoms with van der Waals surface area (Å²) < 4.78 is 78.2. The van der Waals surface area contributed by atoms with E-state index >= 15 is 0 Å². The predicted molar refractivity (Wildman–Crippen MR) is 169 cm³/mol. The molecule has 5 aromatic rings. The van der Waals surface area contributed by atoms with E-state index in [-0.39, 0.29) is 25.9 Å². The van der Waals surface area contributed by atoms with E-state index in [1.807, 2.05) is 45.9 Å². The molecular formula is C29H24ClN2O7S4-. The minimum Gasteiger partial charge on any atom is -0.748 e. The van der Waals surface area contributed by atoms with Crippen LogP contribution < -0.4 is 14.2 Å². The molecule has 2 aromatic heterocycles. The van der Waals surface area contributed by atoms with Gasteiger partial charge in [0.1, 0.15) is 4.70 Å². The molecule has 43 heavy (non-hydrogen) atoms.